The van der Waals surface area contributed by atoms with Crippen molar-refractivity contribution in [3.05, 3.63) is 57.0 Å². The molecule has 0 aromatic heterocycles. The molecule has 1 fully saturated rings. The second-order valence-corrected chi connectivity index (χ2v) is 9.30. The lowest BCUT2D eigenvalue weighted by Gasteiger charge is -2.34. The Kier molecular flexibility index (Phi) is 6.41. The Balaban J connectivity index is 1.77. The van der Waals surface area contributed by atoms with Crippen LogP contribution in [-0.4, -0.2) is 56.8 Å². The van der Waals surface area contributed by atoms with E-state index in [4.69, 9.17) is 39.5 Å². The first kappa shape index (κ1) is 21.2. The van der Waals surface area contributed by atoms with Gasteiger partial charge >= 0.3 is 0 Å². The molecule has 0 radical (unpaired) electrons. The molecule has 0 atom stereocenters. The van der Waals surface area contributed by atoms with Crippen molar-refractivity contribution in [2.75, 3.05) is 33.3 Å². The summed E-state index contributed by atoms with van der Waals surface area (Å²) in [6, 6.07) is 9.10. The van der Waals surface area contributed by atoms with Gasteiger partial charge in [0.1, 0.15) is 10.6 Å². The third kappa shape index (κ3) is 4.23. The molecule has 0 bridgehead atoms. The summed E-state index contributed by atoms with van der Waals surface area (Å²) < 4.78 is 32.3. The van der Waals surface area contributed by atoms with Crippen LogP contribution in [-0.2, 0) is 10.0 Å². The van der Waals surface area contributed by atoms with Crippen molar-refractivity contribution in [2.24, 2.45) is 0 Å². The molecular weight excluding hydrogens is 447 g/mol. The fourth-order valence-electron chi connectivity index (χ4n) is 2.96. The van der Waals surface area contributed by atoms with Gasteiger partial charge in [-0.25, -0.2) is 8.42 Å². The SMILES string of the molecule is COc1ccc(Cl)cc1C(=O)N1CCN(S(=O)(=O)c2cc(Cl)ccc2Cl)CC1. The van der Waals surface area contributed by atoms with Crippen molar-refractivity contribution in [3.8, 4) is 5.75 Å². The molecule has 1 aliphatic rings. The molecule has 0 spiro atoms. The van der Waals surface area contributed by atoms with Crippen LogP contribution in [0.15, 0.2) is 41.3 Å². The van der Waals surface area contributed by atoms with Gasteiger partial charge in [-0.1, -0.05) is 34.8 Å². The molecule has 2 aromatic carbocycles. The van der Waals surface area contributed by atoms with Crippen LogP contribution in [0.1, 0.15) is 10.4 Å². The summed E-state index contributed by atoms with van der Waals surface area (Å²) in [5.41, 5.74) is 0.337. The smallest absolute Gasteiger partial charge is 0.257 e. The van der Waals surface area contributed by atoms with E-state index in [1.54, 1.807) is 17.0 Å². The molecule has 1 amide bonds. The third-order valence-electron chi connectivity index (χ3n) is 4.43. The number of rotatable bonds is 4. The molecule has 2 aromatic rings. The van der Waals surface area contributed by atoms with Crippen molar-refractivity contribution in [1.29, 1.82) is 0 Å². The Hall–Kier alpha value is -1.51. The predicted molar refractivity (Wildman–Crippen MR) is 109 cm³/mol. The average molecular weight is 464 g/mol. The summed E-state index contributed by atoms with van der Waals surface area (Å²) in [5, 5.41) is 0.803. The van der Waals surface area contributed by atoms with Gasteiger partial charge in [-0.3, -0.25) is 4.79 Å². The maximum atomic E-state index is 12.9. The van der Waals surface area contributed by atoms with Gasteiger partial charge in [-0.05, 0) is 36.4 Å². The standard InChI is InChI=1S/C18H17Cl3N2O4S/c1-27-16-5-3-12(19)10-14(16)18(24)22-6-8-23(9-7-22)28(25,26)17-11-13(20)2-4-15(17)21/h2-5,10-11H,6-9H2,1H3. The van der Waals surface area contributed by atoms with Gasteiger partial charge in [-0.15, -0.1) is 0 Å². The number of carbonyl (C=O) groups excluding carboxylic acids is 1. The molecule has 150 valence electrons. The fourth-order valence-corrected chi connectivity index (χ4v) is 5.29. The Morgan fingerprint density at radius 3 is 2.21 bits per heavy atom. The first-order chi connectivity index (χ1) is 13.2. The van der Waals surface area contributed by atoms with E-state index in [9.17, 15) is 13.2 Å². The van der Waals surface area contributed by atoms with E-state index in [1.165, 1.54) is 35.7 Å². The number of hydrogen-bond donors (Lipinski definition) is 0. The lowest BCUT2D eigenvalue weighted by atomic mass is 10.1. The molecule has 28 heavy (non-hydrogen) atoms. The number of ether oxygens (including phenoxy) is 1. The van der Waals surface area contributed by atoms with Gasteiger partial charge < -0.3 is 9.64 Å². The number of methoxy groups -OCH3 is 1. The zero-order valence-electron chi connectivity index (χ0n) is 14.9. The minimum atomic E-state index is -3.82. The maximum absolute atomic E-state index is 12.9. The zero-order chi connectivity index (χ0) is 20.5. The molecule has 0 unspecified atom stereocenters. The average Bonchev–Trinajstić information content (AvgIpc) is 2.69. The maximum Gasteiger partial charge on any atom is 0.257 e. The van der Waals surface area contributed by atoms with E-state index in [0.717, 1.165) is 0 Å². The summed E-state index contributed by atoms with van der Waals surface area (Å²) in [5.74, 6) is 0.146. The number of hydrogen-bond acceptors (Lipinski definition) is 4. The van der Waals surface area contributed by atoms with Gasteiger partial charge in [0.05, 0.1) is 17.7 Å². The van der Waals surface area contributed by atoms with Crippen molar-refractivity contribution in [3.63, 3.8) is 0 Å². The molecule has 0 N–H and O–H groups in total. The van der Waals surface area contributed by atoms with E-state index in [0.29, 0.717) is 16.3 Å². The first-order valence-electron chi connectivity index (χ1n) is 8.32. The number of sulfonamides is 1. The summed E-state index contributed by atoms with van der Waals surface area (Å²) in [7, 11) is -2.34. The van der Waals surface area contributed by atoms with Crippen LogP contribution in [0.5, 0.6) is 5.75 Å². The van der Waals surface area contributed by atoms with Crippen LogP contribution in [0.3, 0.4) is 0 Å². The normalized spacial score (nSPS) is 15.5. The molecule has 0 aliphatic carbocycles. The monoisotopic (exact) mass is 462 g/mol. The van der Waals surface area contributed by atoms with Crippen molar-refractivity contribution < 1.29 is 17.9 Å². The predicted octanol–water partition coefficient (Wildman–Crippen LogP) is 3.80. The lowest BCUT2D eigenvalue weighted by Crippen LogP contribution is -2.50. The van der Waals surface area contributed by atoms with Crippen molar-refractivity contribution >= 4 is 50.7 Å². The Bertz CT molecular complexity index is 1010. The van der Waals surface area contributed by atoms with Crippen LogP contribution in [0, 0.1) is 0 Å². The molecule has 1 heterocycles. The number of benzene rings is 2. The topological polar surface area (TPSA) is 66.9 Å². The lowest BCUT2D eigenvalue weighted by molar-refractivity contribution is 0.0694. The van der Waals surface area contributed by atoms with Crippen LogP contribution < -0.4 is 4.74 Å². The highest BCUT2D eigenvalue weighted by atomic mass is 35.5. The Morgan fingerprint density at radius 2 is 1.57 bits per heavy atom. The zero-order valence-corrected chi connectivity index (χ0v) is 17.9. The second kappa shape index (κ2) is 8.47. The van der Waals surface area contributed by atoms with Crippen molar-refractivity contribution in [2.45, 2.75) is 4.90 Å². The second-order valence-electron chi connectivity index (χ2n) is 6.12. The minimum absolute atomic E-state index is 0.0436. The summed E-state index contributed by atoms with van der Waals surface area (Å²) in [6.07, 6.45) is 0. The molecule has 1 saturated heterocycles. The van der Waals surface area contributed by atoms with Gasteiger partial charge in [0.25, 0.3) is 5.91 Å². The van der Waals surface area contributed by atoms with E-state index < -0.39 is 10.0 Å². The van der Waals surface area contributed by atoms with Gasteiger partial charge in [0.15, 0.2) is 0 Å². The molecule has 10 heteroatoms. The van der Waals surface area contributed by atoms with Crippen LogP contribution in [0.25, 0.3) is 0 Å². The highest BCUT2D eigenvalue weighted by Gasteiger charge is 2.32. The number of piperazine rings is 1. The largest absolute Gasteiger partial charge is 0.496 e. The number of carbonyl (C=O) groups is 1. The number of nitrogens with zero attached hydrogens (tertiary/aromatic N) is 2. The third-order valence-corrected chi connectivity index (χ3v) is 7.28. The highest BCUT2D eigenvalue weighted by Crippen LogP contribution is 2.29. The van der Waals surface area contributed by atoms with E-state index in [2.05, 4.69) is 0 Å². The first-order valence-corrected chi connectivity index (χ1v) is 10.9. The number of amides is 1. The van der Waals surface area contributed by atoms with Gasteiger partial charge in [-0.2, -0.15) is 4.31 Å². The minimum Gasteiger partial charge on any atom is -0.496 e. The van der Waals surface area contributed by atoms with E-state index in [-0.39, 0.29) is 47.0 Å². The molecule has 0 saturated carbocycles. The number of halogens is 3. The van der Waals surface area contributed by atoms with Crippen LogP contribution in [0.4, 0.5) is 0 Å². The fraction of sp³-hybridized carbons (Fsp3) is 0.278. The molecule has 3 rings (SSSR count). The highest BCUT2D eigenvalue weighted by molar-refractivity contribution is 7.89. The Morgan fingerprint density at radius 1 is 0.964 bits per heavy atom. The molecular formula is C18H17Cl3N2O4S. The van der Waals surface area contributed by atoms with E-state index in [1.807, 2.05) is 0 Å². The Labute approximate surface area is 178 Å². The quantitative estimate of drug-likeness (QED) is 0.692. The van der Waals surface area contributed by atoms with Crippen molar-refractivity contribution in [1.82, 2.24) is 9.21 Å². The van der Waals surface area contributed by atoms with E-state index >= 15 is 0 Å². The molecule has 6 nitrogen and oxygen atoms in total. The summed E-state index contributed by atoms with van der Waals surface area (Å²) in [4.78, 5) is 14.4. The van der Waals surface area contributed by atoms with Crippen LogP contribution >= 0.6 is 34.8 Å². The van der Waals surface area contributed by atoms with Gasteiger partial charge in [0.2, 0.25) is 10.0 Å². The molecule has 1 aliphatic heterocycles. The summed E-state index contributed by atoms with van der Waals surface area (Å²) in [6.45, 7) is 0.734. The summed E-state index contributed by atoms with van der Waals surface area (Å²) >= 11 is 18.0. The van der Waals surface area contributed by atoms with Crippen LogP contribution in [0.2, 0.25) is 15.1 Å². The van der Waals surface area contributed by atoms with Gasteiger partial charge in [0, 0.05) is 36.2 Å².